The number of hydrogen-bond acceptors (Lipinski definition) is 3. The SMILES string of the molecule is Ic1cncc2nnc(I)n12. The van der Waals surface area contributed by atoms with Crippen LogP contribution in [-0.4, -0.2) is 19.6 Å². The number of halogens is 2. The highest BCUT2D eigenvalue weighted by molar-refractivity contribution is 14.1. The van der Waals surface area contributed by atoms with Crippen LogP contribution in [-0.2, 0) is 0 Å². The van der Waals surface area contributed by atoms with Gasteiger partial charge in [0.15, 0.2) is 9.48 Å². The average molecular weight is 372 g/mol. The van der Waals surface area contributed by atoms with Crippen molar-refractivity contribution in [3.05, 3.63) is 19.9 Å². The second-order valence-corrected chi connectivity index (χ2v) is 3.96. The van der Waals surface area contributed by atoms with Crippen LogP contribution < -0.4 is 0 Å². The van der Waals surface area contributed by atoms with Gasteiger partial charge in [0.05, 0.1) is 12.4 Å². The van der Waals surface area contributed by atoms with E-state index in [1.54, 1.807) is 12.4 Å². The van der Waals surface area contributed by atoms with Crippen molar-refractivity contribution >= 4 is 50.8 Å². The summed E-state index contributed by atoms with van der Waals surface area (Å²) in [6, 6.07) is 0. The molecule has 0 amide bonds. The van der Waals surface area contributed by atoms with Gasteiger partial charge in [-0.3, -0.25) is 9.38 Å². The number of fused-ring (bicyclic) bond motifs is 1. The third-order valence-electron chi connectivity index (χ3n) is 1.23. The Kier molecular flexibility index (Phi) is 1.95. The quantitative estimate of drug-likeness (QED) is 0.656. The fraction of sp³-hybridized carbons (Fsp3) is 0. The molecule has 0 saturated carbocycles. The average Bonchev–Trinajstić information content (AvgIpc) is 2.34. The summed E-state index contributed by atoms with van der Waals surface area (Å²) in [6.07, 6.45) is 3.47. The molecule has 0 fully saturated rings. The highest BCUT2D eigenvalue weighted by atomic mass is 127. The predicted molar refractivity (Wildman–Crippen MR) is 56.2 cm³/mol. The first-order valence-electron chi connectivity index (χ1n) is 2.79. The zero-order chi connectivity index (χ0) is 7.84. The minimum Gasteiger partial charge on any atom is -0.262 e. The van der Waals surface area contributed by atoms with Gasteiger partial charge in [-0.1, -0.05) is 0 Å². The number of nitrogens with zero attached hydrogens (tertiary/aromatic N) is 4. The molecule has 2 aromatic rings. The lowest BCUT2D eigenvalue weighted by Gasteiger charge is -1.94. The first kappa shape index (κ1) is 7.65. The van der Waals surface area contributed by atoms with Crippen LogP contribution in [0.4, 0.5) is 0 Å². The second kappa shape index (κ2) is 2.81. The van der Waals surface area contributed by atoms with Gasteiger partial charge in [-0.05, 0) is 22.6 Å². The molecule has 0 aromatic carbocycles. The van der Waals surface area contributed by atoms with Crippen LogP contribution >= 0.6 is 45.2 Å². The van der Waals surface area contributed by atoms with Crippen molar-refractivity contribution in [1.29, 1.82) is 0 Å². The fourth-order valence-corrected chi connectivity index (χ4v) is 2.49. The molecule has 0 radical (unpaired) electrons. The van der Waals surface area contributed by atoms with Crippen molar-refractivity contribution in [2.75, 3.05) is 0 Å². The summed E-state index contributed by atoms with van der Waals surface area (Å²) in [4.78, 5) is 3.99. The van der Waals surface area contributed by atoms with Gasteiger partial charge < -0.3 is 0 Å². The maximum atomic E-state index is 3.99. The van der Waals surface area contributed by atoms with Gasteiger partial charge in [-0.2, -0.15) is 0 Å². The third kappa shape index (κ3) is 1.21. The van der Waals surface area contributed by atoms with Crippen molar-refractivity contribution in [1.82, 2.24) is 19.6 Å². The normalized spacial score (nSPS) is 10.7. The Morgan fingerprint density at radius 1 is 1.18 bits per heavy atom. The van der Waals surface area contributed by atoms with Crippen molar-refractivity contribution in [2.45, 2.75) is 0 Å². The molecule has 6 heteroatoms. The monoisotopic (exact) mass is 372 g/mol. The molecule has 0 saturated heterocycles. The van der Waals surface area contributed by atoms with Crippen LogP contribution in [0.25, 0.3) is 5.65 Å². The maximum absolute atomic E-state index is 3.99. The van der Waals surface area contributed by atoms with E-state index in [9.17, 15) is 0 Å². The third-order valence-corrected chi connectivity index (χ3v) is 2.69. The summed E-state index contributed by atoms with van der Waals surface area (Å²) >= 11 is 4.33. The molecule has 2 heterocycles. The first-order valence-corrected chi connectivity index (χ1v) is 4.95. The van der Waals surface area contributed by atoms with Crippen molar-refractivity contribution < 1.29 is 0 Å². The molecule has 56 valence electrons. The van der Waals surface area contributed by atoms with E-state index >= 15 is 0 Å². The second-order valence-electron chi connectivity index (χ2n) is 1.89. The van der Waals surface area contributed by atoms with E-state index in [0.29, 0.717) is 0 Å². The lowest BCUT2D eigenvalue weighted by atomic mass is 10.7. The van der Waals surface area contributed by atoms with Crippen LogP contribution in [0.1, 0.15) is 0 Å². The summed E-state index contributed by atoms with van der Waals surface area (Å²) in [5, 5.41) is 7.83. The summed E-state index contributed by atoms with van der Waals surface area (Å²) < 4.78 is 3.83. The van der Waals surface area contributed by atoms with Crippen molar-refractivity contribution in [3.63, 3.8) is 0 Å². The van der Waals surface area contributed by atoms with Gasteiger partial charge in [-0.25, -0.2) is 0 Å². The minimum atomic E-state index is 0.793. The smallest absolute Gasteiger partial charge is 0.199 e. The van der Waals surface area contributed by atoms with E-state index in [1.807, 2.05) is 4.40 Å². The Morgan fingerprint density at radius 3 is 2.73 bits per heavy atom. The Balaban J connectivity index is 2.96. The van der Waals surface area contributed by atoms with Crippen molar-refractivity contribution in [2.24, 2.45) is 0 Å². The molecular formula is C5H2I2N4. The van der Waals surface area contributed by atoms with Gasteiger partial charge in [0.1, 0.15) is 3.70 Å². The fourth-order valence-electron chi connectivity index (χ4n) is 0.781. The van der Waals surface area contributed by atoms with E-state index in [2.05, 4.69) is 60.4 Å². The van der Waals surface area contributed by atoms with Crippen LogP contribution in [0, 0.1) is 7.53 Å². The van der Waals surface area contributed by atoms with Gasteiger partial charge in [0.25, 0.3) is 0 Å². The van der Waals surface area contributed by atoms with Crippen LogP contribution in [0.5, 0.6) is 0 Å². The summed E-state index contributed by atoms with van der Waals surface area (Å²) in [5.41, 5.74) is 0.793. The molecule has 0 aliphatic carbocycles. The molecule has 4 nitrogen and oxygen atoms in total. The standard InChI is InChI=1S/C5H2I2N4/c6-3-1-8-2-4-9-10-5(7)11(3)4/h1-2H. The van der Waals surface area contributed by atoms with Gasteiger partial charge in [-0.15, -0.1) is 10.2 Å². The summed E-state index contributed by atoms with van der Waals surface area (Å²) in [6.45, 7) is 0. The Morgan fingerprint density at radius 2 is 2.00 bits per heavy atom. The van der Waals surface area contributed by atoms with Gasteiger partial charge >= 0.3 is 0 Å². The number of rotatable bonds is 0. The van der Waals surface area contributed by atoms with E-state index < -0.39 is 0 Å². The Bertz CT molecular complexity index is 396. The van der Waals surface area contributed by atoms with Gasteiger partial charge in [0, 0.05) is 22.6 Å². The topological polar surface area (TPSA) is 43.1 Å². The zero-order valence-electron chi connectivity index (χ0n) is 5.20. The lowest BCUT2D eigenvalue weighted by molar-refractivity contribution is 1.02. The summed E-state index contributed by atoms with van der Waals surface area (Å²) in [7, 11) is 0. The van der Waals surface area contributed by atoms with E-state index in [-0.39, 0.29) is 0 Å². The van der Waals surface area contributed by atoms with Crippen LogP contribution in [0.15, 0.2) is 12.4 Å². The Hall–Kier alpha value is 0.01000. The van der Waals surface area contributed by atoms with E-state index in [0.717, 1.165) is 13.2 Å². The molecule has 0 atom stereocenters. The molecule has 0 bridgehead atoms. The molecule has 0 unspecified atom stereocenters. The molecule has 2 rings (SSSR count). The Labute approximate surface area is 89.7 Å². The predicted octanol–water partition coefficient (Wildman–Crippen LogP) is 1.33. The highest BCUT2D eigenvalue weighted by Gasteiger charge is 2.03. The largest absolute Gasteiger partial charge is 0.262 e. The van der Waals surface area contributed by atoms with Crippen molar-refractivity contribution in [3.8, 4) is 0 Å². The lowest BCUT2D eigenvalue weighted by Crippen LogP contribution is -1.93. The molecule has 11 heavy (non-hydrogen) atoms. The molecular weight excluding hydrogens is 370 g/mol. The summed E-state index contributed by atoms with van der Waals surface area (Å²) in [5.74, 6) is 0. The van der Waals surface area contributed by atoms with Gasteiger partial charge in [0.2, 0.25) is 0 Å². The number of hydrogen-bond donors (Lipinski definition) is 0. The van der Waals surface area contributed by atoms with E-state index in [4.69, 9.17) is 0 Å². The molecule has 0 N–H and O–H groups in total. The van der Waals surface area contributed by atoms with Crippen LogP contribution in [0.2, 0.25) is 0 Å². The number of aromatic nitrogens is 4. The zero-order valence-corrected chi connectivity index (χ0v) is 9.51. The molecule has 2 aromatic heterocycles. The first-order chi connectivity index (χ1) is 5.29. The minimum absolute atomic E-state index is 0.793. The molecule has 0 spiro atoms. The molecule has 0 aliphatic heterocycles. The maximum Gasteiger partial charge on any atom is 0.199 e. The highest BCUT2D eigenvalue weighted by Crippen LogP contribution is 2.09. The van der Waals surface area contributed by atoms with E-state index in [1.165, 1.54) is 0 Å². The van der Waals surface area contributed by atoms with Crippen LogP contribution in [0.3, 0.4) is 0 Å². The molecule has 0 aliphatic rings.